The molecule has 0 unspecified atom stereocenters. The maximum Gasteiger partial charge on any atom is 0.0718 e. The van der Waals surface area contributed by atoms with E-state index in [1.54, 1.807) is 0 Å². The van der Waals surface area contributed by atoms with Crippen molar-refractivity contribution in [2.45, 2.75) is 26.0 Å². The van der Waals surface area contributed by atoms with Crippen LogP contribution in [0.15, 0.2) is 22.7 Å². The van der Waals surface area contributed by atoms with Gasteiger partial charge in [-0.1, -0.05) is 22.0 Å². The van der Waals surface area contributed by atoms with Gasteiger partial charge in [0.05, 0.1) is 5.60 Å². The zero-order valence-electron chi connectivity index (χ0n) is 12.3. The number of hydrogen-bond donors (Lipinski definition) is 2. The van der Waals surface area contributed by atoms with Gasteiger partial charge in [-0.2, -0.15) is 0 Å². The highest BCUT2D eigenvalue weighted by atomic mass is 79.9. The fourth-order valence-corrected chi connectivity index (χ4v) is 3.26. The molecular weight excluding hydrogens is 318 g/mol. The van der Waals surface area contributed by atoms with Crippen molar-refractivity contribution in [2.75, 3.05) is 37.6 Å². The van der Waals surface area contributed by atoms with E-state index in [9.17, 15) is 5.11 Å². The highest BCUT2D eigenvalue weighted by Crippen LogP contribution is 2.28. The number of nitrogens with two attached hydrogens (primary N) is 1. The Labute approximate surface area is 129 Å². The molecule has 1 aromatic carbocycles. The Morgan fingerprint density at radius 1 is 1.25 bits per heavy atom. The van der Waals surface area contributed by atoms with Crippen molar-refractivity contribution in [1.29, 1.82) is 0 Å². The third-order valence-electron chi connectivity index (χ3n) is 3.62. The lowest BCUT2D eigenvalue weighted by atomic mass is 10.1. The Kier molecular flexibility index (Phi) is 5.07. The highest BCUT2D eigenvalue weighted by molar-refractivity contribution is 9.10. The van der Waals surface area contributed by atoms with Gasteiger partial charge in [-0.25, -0.2) is 0 Å². The van der Waals surface area contributed by atoms with Crippen molar-refractivity contribution in [1.82, 2.24) is 4.90 Å². The van der Waals surface area contributed by atoms with Gasteiger partial charge < -0.3 is 15.7 Å². The minimum atomic E-state index is -0.625. The summed E-state index contributed by atoms with van der Waals surface area (Å²) in [6.07, 6.45) is 0. The average Bonchev–Trinajstić information content (AvgIpc) is 2.37. The van der Waals surface area contributed by atoms with Crippen molar-refractivity contribution in [3.8, 4) is 0 Å². The number of hydrogen-bond acceptors (Lipinski definition) is 4. The first kappa shape index (κ1) is 15.8. The molecule has 3 N–H and O–H groups in total. The molecule has 1 heterocycles. The topological polar surface area (TPSA) is 52.7 Å². The molecule has 1 aromatic rings. The SMILES string of the molecule is CC(C)(O)CN1CCN(c2cccc(Br)c2CN)CC1. The van der Waals surface area contributed by atoms with Crippen LogP contribution < -0.4 is 10.6 Å². The molecule has 0 amide bonds. The summed E-state index contributed by atoms with van der Waals surface area (Å²) >= 11 is 3.58. The number of halogens is 1. The van der Waals surface area contributed by atoms with Gasteiger partial charge in [-0.05, 0) is 26.0 Å². The van der Waals surface area contributed by atoms with E-state index in [1.165, 1.54) is 11.3 Å². The van der Waals surface area contributed by atoms with E-state index in [2.05, 4.69) is 37.9 Å². The summed E-state index contributed by atoms with van der Waals surface area (Å²) in [7, 11) is 0. The fraction of sp³-hybridized carbons (Fsp3) is 0.600. The number of anilines is 1. The molecule has 4 nitrogen and oxygen atoms in total. The zero-order valence-corrected chi connectivity index (χ0v) is 13.9. The van der Waals surface area contributed by atoms with E-state index in [1.807, 2.05) is 19.9 Å². The molecule has 0 radical (unpaired) electrons. The normalized spacial score (nSPS) is 17.6. The third-order valence-corrected chi connectivity index (χ3v) is 4.36. The Bertz CT molecular complexity index is 451. The van der Waals surface area contributed by atoms with E-state index >= 15 is 0 Å². The molecule has 0 bridgehead atoms. The second-order valence-corrected chi connectivity index (χ2v) is 6.87. The maximum atomic E-state index is 9.89. The molecule has 1 aliphatic heterocycles. The standard InChI is InChI=1S/C15H24BrN3O/c1-15(2,20)11-18-6-8-19(9-7-18)14-5-3-4-13(16)12(14)10-17/h3-5,20H,6-11,17H2,1-2H3. The quantitative estimate of drug-likeness (QED) is 0.876. The lowest BCUT2D eigenvalue weighted by Crippen LogP contribution is -2.50. The van der Waals surface area contributed by atoms with Crippen LogP contribution in [0.2, 0.25) is 0 Å². The van der Waals surface area contributed by atoms with Crippen LogP contribution >= 0.6 is 15.9 Å². The molecule has 1 saturated heterocycles. The molecule has 112 valence electrons. The van der Waals surface area contributed by atoms with Gasteiger partial charge in [0.1, 0.15) is 0 Å². The van der Waals surface area contributed by atoms with Gasteiger partial charge >= 0.3 is 0 Å². The average molecular weight is 342 g/mol. The highest BCUT2D eigenvalue weighted by Gasteiger charge is 2.23. The Morgan fingerprint density at radius 2 is 1.90 bits per heavy atom. The molecule has 2 rings (SSSR count). The number of benzene rings is 1. The molecular formula is C15H24BrN3O. The van der Waals surface area contributed by atoms with Crippen molar-refractivity contribution < 1.29 is 5.11 Å². The molecule has 1 fully saturated rings. The summed E-state index contributed by atoms with van der Waals surface area (Å²) in [5, 5.41) is 9.89. The van der Waals surface area contributed by atoms with E-state index in [-0.39, 0.29) is 0 Å². The summed E-state index contributed by atoms with van der Waals surface area (Å²) in [6, 6.07) is 6.23. The van der Waals surface area contributed by atoms with Crippen LogP contribution in [0.4, 0.5) is 5.69 Å². The number of aliphatic hydroxyl groups is 1. The first-order valence-electron chi connectivity index (χ1n) is 7.08. The van der Waals surface area contributed by atoms with Crippen molar-refractivity contribution in [3.05, 3.63) is 28.2 Å². The smallest absolute Gasteiger partial charge is 0.0718 e. The van der Waals surface area contributed by atoms with Gasteiger partial charge in [-0.3, -0.25) is 4.90 Å². The summed E-state index contributed by atoms with van der Waals surface area (Å²) in [5.41, 5.74) is 7.64. The van der Waals surface area contributed by atoms with Crippen molar-refractivity contribution in [2.24, 2.45) is 5.73 Å². The predicted molar refractivity (Wildman–Crippen MR) is 87.0 cm³/mol. The minimum absolute atomic E-state index is 0.542. The van der Waals surface area contributed by atoms with Crippen molar-refractivity contribution in [3.63, 3.8) is 0 Å². The minimum Gasteiger partial charge on any atom is -0.389 e. The zero-order chi connectivity index (χ0) is 14.8. The van der Waals surface area contributed by atoms with Crippen LogP contribution in [-0.2, 0) is 6.54 Å². The lowest BCUT2D eigenvalue weighted by molar-refractivity contribution is 0.0345. The summed E-state index contributed by atoms with van der Waals surface area (Å²) in [5.74, 6) is 0. The van der Waals surface area contributed by atoms with Crippen LogP contribution in [0, 0.1) is 0 Å². The van der Waals surface area contributed by atoms with Crippen LogP contribution in [0.1, 0.15) is 19.4 Å². The second-order valence-electron chi connectivity index (χ2n) is 6.02. The second kappa shape index (κ2) is 6.43. The summed E-state index contributed by atoms with van der Waals surface area (Å²) < 4.78 is 1.08. The van der Waals surface area contributed by atoms with Crippen LogP contribution in [0.3, 0.4) is 0 Å². The predicted octanol–water partition coefficient (Wildman–Crippen LogP) is 1.80. The van der Waals surface area contributed by atoms with Gasteiger partial charge in [0.2, 0.25) is 0 Å². The van der Waals surface area contributed by atoms with Crippen LogP contribution in [0.5, 0.6) is 0 Å². The molecule has 0 aliphatic carbocycles. The number of β-amino-alcohol motifs (C(OH)–C–C–N with tert-alkyl or cyclic N) is 1. The van der Waals surface area contributed by atoms with Gasteiger partial charge in [0.15, 0.2) is 0 Å². The molecule has 0 aromatic heterocycles. The first-order valence-corrected chi connectivity index (χ1v) is 7.87. The first-order chi connectivity index (χ1) is 9.40. The molecule has 5 heteroatoms. The maximum absolute atomic E-state index is 9.89. The monoisotopic (exact) mass is 341 g/mol. The van der Waals surface area contributed by atoms with Crippen LogP contribution in [0.25, 0.3) is 0 Å². The number of piperazine rings is 1. The molecule has 0 saturated carbocycles. The Morgan fingerprint density at radius 3 is 2.45 bits per heavy atom. The van der Waals surface area contributed by atoms with Gasteiger partial charge in [0, 0.05) is 55.0 Å². The van der Waals surface area contributed by atoms with Crippen molar-refractivity contribution >= 4 is 21.6 Å². The molecule has 0 spiro atoms. The molecule has 0 atom stereocenters. The largest absolute Gasteiger partial charge is 0.389 e. The Hall–Kier alpha value is -0.620. The van der Waals surface area contributed by atoms with E-state index in [0.29, 0.717) is 6.54 Å². The fourth-order valence-electron chi connectivity index (χ4n) is 2.74. The van der Waals surface area contributed by atoms with Gasteiger partial charge in [-0.15, -0.1) is 0 Å². The lowest BCUT2D eigenvalue weighted by Gasteiger charge is -2.39. The Balaban J connectivity index is 2.02. The number of rotatable bonds is 4. The molecule has 1 aliphatic rings. The molecule has 20 heavy (non-hydrogen) atoms. The number of nitrogens with zero attached hydrogens (tertiary/aromatic N) is 2. The summed E-state index contributed by atoms with van der Waals surface area (Å²) in [6.45, 7) is 8.88. The van der Waals surface area contributed by atoms with E-state index < -0.39 is 5.60 Å². The van der Waals surface area contributed by atoms with E-state index in [4.69, 9.17) is 5.73 Å². The van der Waals surface area contributed by atoms with E-state index in [0.717, 1.165) is 37.2 Å². The van der Waals surface area contributed by atoms with Gasteiger partial charge in [0.25, 0.3) is 0 Å². The van der Waals surface area contributed by atoms with Crippen LogP contribution in [-0.4, -0.2) is 48.3 Å². The summed E-state index contributed by atoms with van der Waals surface area (Å²) in [4.78, 5) is 4.70. The third kappa shape index (κ3) is 3.95.